The van der Waals surface area contributed by atoms with Crippen LogP contribution in [0.2, 0.25) is 5.02 Å². The number of anilines is 2. The third-order valence-electron chi connectivity index (χ3n) is 5.36. The summed E-state index contributed by atoms with van der Waals surface area (Å²) in [6.45, 7) is 0.382. The number of halogens is 5. The summed E-state index contributed by atoms with van der Waals surface area (Å²) in [6, 6.07) is 18.1. The molecule has 0 bridgehead atoms. The number of hydrogen-bond donors (Lipinski definition) is 0. The lowest BCUT2D eigenvalue weighted by molar-refractivity contribution is -0.137. The van der Waals surface area contributed by atoms with Gasteiger partial charge < -0.3 is 4.74 Å². The van der Waals surface area contributed by atoms with Crippen LogP contribution in [-0.2, 0) is 13.2 Å². The molecule has 0 aliphatic heterocycles. The summed E-state index contributed by atoms with van der Waals surface area (Å²) in [6.07, 6.45) is -3.08. The number of benzene rings is 3. The van der Waals surface area contributed by atoms with Gasteiger partial charge in [-0.2, -0.15) is 18.3 Å². The van der Waals surface area contributed by atoms with Crippen LogP contribution in [0.3, 0.4) is 0 Å². The SMILES string of the molecule is Cn1ncc(Cl)c1-c1cc(N(C(=O)c2cccc(C(F)(F)F)c2)c2ccccc2)ccc1OCCBr. The van der Waals surface area contributed by atoms with Crippen LogP contribution in [0.4, 0.5) is 24.5 Å². The first kappa shape index (κ1) is 25.8. The third-order valence-corrected chi connectivity index (χ3v) is 5.96. The van der Waals surface area contributed by atoms with E-state index in [2.05, 4.69) is 21.0 Å². The fraction of sp³-hybridized carbons (Fsp3) is 0.154. The summed E-state index contributed by atoms with van der Waals surface area (Å²) in [5.41, 5.74) is 1.05. The average molecular weight is 579 g/mol. The predicted molar refractivity (Wildman–Crippen MR) is 137 cm³/mol. The maximum absolute atomic E-state index is 13.7. The summed E-state index contributed by atoms with van der Waals surface area (Å²) in [5.74, 6) is -0.105. The Hall–Kier alpha value is -3.30. The highest BCUT2D eigenvalue weighted by Crippen LogP contribution is 2.40. The maximum atomic E-state index is 13.7. The lowest BCUT2D eigenvalue weighted by Gasteiger charge is -2.25. The lowest BCUT2D eigenvalue weighted by atomic mass is 10.1. The highest BCUT2D eigenvalue weighted by molar-refractivity contribution is 9.09. The van der Waals surface area contributed by atoms with Crippen molar-refractivity contribution in [2.45, 2.75) is 6.18 Å². The number of rotatable bonds is 7. The number of ether oxygens (including phenoxy) is 1. The monoisotopic (exact) mass is 577 g/mol. The summed E-state index contributed by atoms with van der Waals surface area (Å²) < 4.78 is 47.5. The number of aryl methyl sites for hydroxylation is 1. The van der Waals surface area contributed by atoms with E-state index >= 15 is 0 Å². The second-order valence-electron chi connectivity index (χ2n) is 7.74. The van der Waals surface area contributed by atoms with Crippen molar-refractivity contribution in [3.63, 3.8) is 0 Å². The molecule has 0 fully saturated rings. The summed E-state index contributed by atoms with van der Waals surface area (Å²) in [5, 5.41) is 5.17. The Morgan fingerprint density at radius 1 is 1.06 bits per heavy atom. The number of aromatic nitrogens is 2. The summed E-state index contributed by atoms with van der Waals surface area (Å²) >= 11 is 9.76. The van der Waals surface area contributed by atoms with Gasteiger partial charge in [0.25, 0.3) is 5.91 Å². The number of alkyl halides is 4. The predicted octanol–water partition coefficient (Wildman–Crippen LogP) is 7.51. The van der Waals surface area contributed by atoms with Gasteiger partial charge in [-0.3, -0.25) is 14.4 Å². The Morgan fingerprint density at radius 2 is 1.81 bits per heavy atom. The van der Waals surface area contributed by atoms with Crippen LogP contribution in [0, 0.1) is 0 Å². The average Bonchev–Trinajstić information content (AvgIpc) is 3.21. The number of amides is 1. The highest BCUT2D eigenvalue weighted by atomic mass is 79.9. The zero-order chi connectivity index (χ0) is 25.9. The molecule has 0 saturated heterocycles. The van der Waals surface area contributed by atoms with Crippen LogP contribution >= 0.6 is 27.5 Å². The molecule has 0 aliphatic rings. The fourth-order valence-electron chi connectivity index (χ4n) is 3.75. The first-order valence-corrected chi connectivity index (χ1v) is 12.3. The van der Waals surface area contributed by atoms with Gasteiger partial charge in [-0.15, -0.1) is 0 Å². The molecule has 1 aromatic heterocycles. The van der Waals surface area contributed by atoms with Gasteiger partial charge >= 0.3 is 6.18 Å². The van der Waals surface area contributed by atoms with Gasteiger partial charge in [0, 0.05) is 29.2 Å². The topological polar surface area (TPSA) is 47.4 Å². The van der Waals surface area contributed by atoms with E-state index in [-0.39, 0.29) is 5.56 Å². The number of carbonyl (C=O) groups is 1. The van der Waals surface area contributed by atoms with E-state index in [0.717, 1.165) is 12.1 Å². The van der Waals surface area contributed by atoms with Crippen molar-refractivity contribution in [1.29, 1.82) is 0 Å². The Morgan fingerprint density at radius 3 is 2.44 bits per heavy atom. The Bertz CT molecular complexity index is 1360. The van der Waals surface area contributed by atoms with Gasteiger partial charge in [0.15, 0.2) is 0 Å². The first-order chi connectivity index (χ1) is 17.2. The Labute approximate surface area is 219 Å². The second-order valence-corrected chi connectivity index (χ2v) is 8.94. The standard InChI is InChI=1S/C26H20BrClF3N3O2/c1-33-24(22(28)16-32-33)21-15-20(10-11-23(21)36-13-12-27)34(19-8-3-2-4-9-19)25(35)17-6-5-7-18(14-17)26(29,30)31/h2-11,14-16H,12-13H2,1H3. The van der Waals surface area contributed by atoms with Gasteiger partial charge in [-0.1, -0.05) is 51.8 Å². The number of carbonyl (C=O) groups excluding carboxylic acids is 1. The van der Waals surface area contributed by atoms with Gasteiger partial charge in [0.05, 0.1) is 34.8 Å². The van der Waals surface area contributed by atoms with Crippen molar-refractivity contribution < 1.29 is 22.7 Å². The minimum absolute atomic E-state index is 0.103. The zero-order valence-electron chi connectivity index (χ0n) is 19.0. The number of para-hydroxylation sites is 1. The smallest absolute Gasteiger partial charge is 0.416 e. The third kappa shape index (κ3) is 5.42. The van der Waals surface area contributed by atoms with E-state index in [4.69, 9.17) is 16.3 Å². The molecule has 186 valence electrons. The van der Waals surface area contributed by atoms with Crippen LogP contribution in [0.1, 0.15) is 15.9 Å². The van der Waals surface area contributed by atoms with E-state index in [1.807, 2.05) is 0 Å². The molecule has 0 spiro atoms. The first-order valence-electron chi connectivity index (χ1n) is 10.8. The molecule has 1 amide bonds. The van der Waals surface area contributed by atoms with Crippen molar-refractivity contribution in [3.8, 4) is 17.0 Å². The molecule has 0 N–H and O–H groups in total. The van der Waals surface area contributed by atoms with Crippen molar-refractivity contribution in [2.75, 3.05) is 16.8 Å². The quantitative estimate of drug-likeness (QED) is 0.213. The van der Waals surface area contributed by atoms with Crippen molar-refractivity contribution in [2.24, 2.45) is 7.05 Å². The molecule has 4 rings (SSSR count). The number of hydrogen-bond acceptors (Lipinski definition) is 3. The van der Waals surface area contributed by atoms with Crippen LogP contribution in [0.5, 0.6) is 5.75 Å². The molecular weight excluding hydrogens is 559 g/mol. The van der Waals surface area contributed by atoms with Gasteiger partial charge in [-0.25, -0.2) is 0 Å². The van der Waals surface area contributed by atoms with Gasteiger partial charge in [0.2, 0.25) is 0 Å². The highest BCUT2D eigenvalue weighted by Gasteiger charge is 2.32. The van der Waals surface area contributed by atoms with Crippen LogP contribution < -0.4 is 9.64 Å². The fourth-order valence-corrected chi connectivity index (χ4v) is 4.18. The Kier molecular flexibility index (Phi) is 7.70. The van der Waals surface area contributed by atoms with Crippen molar-refractivity contribution in [1.82, 2.24) is 9.78 Å². The van der Waals surface area contributed by atoms with E-state index < -0.39 is 17.6 Å². The molecule has 0 aliphatic carbocycles. The molecule has 4 aromatic rings. The van der Waals surface area contributed by atoms with E-state index in [0.29, 0.717) is 45.3 Å². The molecule has 36 heavy (non-hydrogen) atoms. The zero-order valence-corrected chi connectivity index (χ0v) is 21.3. The molecular formula is C26H20BrClF3N3O2. The molecule has 3 aromatic carbocycles. The molecule has 0 radical (unpaired) electrons. The molecule has 10 heteroatoms. The van der Waals surface area contributed by atoms with Crippen molar-refractivity contribution in [3.05, 3.63) is 95.1 Å². The molecule has 0 saturated carbocycles. The number of nitrogens with zero attached hydrogens (tertiary/aromatic N) is 3. The second kappa shape index (κ2) is 10.8. The molecule has 0 atom stereocenters. The minimum Gasteiger partial charge on any atom is -0.492 e. The van der Waals surface area contributed by atoms with E-state index in [9.17, 15) is 18.0 Å². The molecule has 0 unspecified atom stereocenters. The maximum Gasteiger partial charge on any atom is 0.416 e. The van der Waals surface area contributed by atoms with Gasteiger partial charge in [0.1, 0.15) is 5.75 Å². The Balaban J connectivity index is 1.88. The normalized spacial score (nSPS) is 11.4. The van der Waals surface area contributed by atoms with Crippen LogP contribution in [0.25, 0.3) is 11.3 Å². The summed E-state index contributed by atoms with van der Waals surface area (Å²) in [7, 11) is 1.73. The minimum atomic E-state index is -4.58. The van der Waals surface area contributed by atoms with Crippen LogP contribution in [0.15, 0.2) is 79.0 Å². The lowest BCUT2D eigenvalue weighted by Crippen LogP contribution is -2.26. The molecule has 1 heterocycles. The van der Waals surface area contributed by atoms with Crippen LogP contribution in [-0.4, -0.2) is 27.6 Å². The van der Waals surface area contributed by atoms with E-state index in [1.165, 1.54) is 23.2 Å². The van der Waals surface area contributed by atoms with Gasteiger partial charge in [-0.05, 0) is 48.5 Å². The molecule has 5 nitrogen and oxygen atoms in total. The van der Waals surface area contributed by atoms with Crippen molar-refractivity contribution >= 4 is 44.8 Å². The van der Waals surface area contributed by atoms with E-state index in [1.54, 1.807) is 60.3 Å². The summed E-state index contributed by atoms with van der Waals surface area (Å²) in [4.78, 5) is 15.0. The largest absolute Gasteiger partial charge is 0.492 e.